The summed E-state index contributed by atoms with van der Waals surface area (Å²) in [5, 5.41) is 2.58. The van der Waals surface area contributed by atoms with E-state index in [1.165, 1.54) is 16.3 Å². The first-order chi connectivity index (χ1) is 7.31. The number of hydrogen-bond acceptors (Lipinski definition) is 0. The van der Waals surface area contributed by atoms with Gasteiger partial charge in [-0.3, -0.25) is 0 Å². The molecule has 0 nitrogen and oxygen atoms in total. The molecule has 0 bridgehead atoms. The Balaban J connectivity index is 2.51. The van der Waals surface area contributed by atoms with Gasteiger partial charge in [-0.2, -0.15) is 0 Å². The molecule has 0 aliphatic rings. The van der Waals surface area contributed by atoms with E-state index in [4.69, 9.17) is 0 Å². The van der Waals surface area contributed by atoms with Gasteiger partial charge in [0.05, 0.1) is 0 Å². The molecule has 1 unspecified atom stereocenters. The third-order valence-corrected chi connectivity index (χ3v) is 2.67. The summed E-state index contributed by atoms with van der Waals surface area (Å²) >= 11 is 0. The lowest BCUT2D eigenvalue weighted by Crippen LogP contribution is -1.88. The molecule has 2 aromatic carbocycles. The highest BCUT2D eigenvalue weighted by molar-refractivity contribution is 5.83. The van der Waals surface area contributed by atoms with Crippen LogP contribution in [0.25, 0.3) is 10.8 Å². The van der Waals surface area contributed by atoms with Crippen LogP contribution in [0.1, 0.15) is 18.4 Å². The van der Waals surface area contributed by atoms with Crippen molar-refractivity contribution in [1.29, 1.82) is 0 Å². The number of benzene rings is 2. The van der Waals surface area contributed by atoms with Crippen LogP contribution in [0.2, 0.25) is 0 Å². The van der Waals surface area contributed by atoms with Crippen LogP contribution in [-0.4, -0.2) is 0 Å². The van der Waals surface area contributed by atoms with Crippen molar-refractivity contribution < 1.29 is 0 Å². The average molecular weight is 194 g/mol. The maximum Gasteiger partial charge on any atom is 0.00655 e. The minimum absolute atomic E-state index is 0.382. The summed E-state index contributed by atoms with van der Waals surface area (Å²) < 4.78 is 0. The highest BCUT2D eigenvalue weighted by Gasteiger charge is 2.01. The van der Waals surface area contributed by atoms with Crippen LogP contribution < -0.4 is 0 Å². The van der Waals surface area contributed by atoms with E-state index < -0.39 is 0 Å². The molecule has 0 aliphatic carbocycles. The highest BCUT2D eigenvalue weighted by Crippen LogP contribution is 2.21. The lowest BCUT2D eigenvalue weighted by atomic mass is 9.98. The van der Waals surface area contributed by atoms with Crippen molar-refractivity contribution in [3.05, 3.63) is 66.4 Å². The normalized spacial score (nSPS) is 12.1. The Morgan fingerprint density at radius 1 is 1.13 bits per heavy atom. The van der Waals surface area contributed by atoms with E-state index in [-0.39, 0.29) is 0 Å². The molecule has 0 radical (unpaired) electrons. The summed E-state index contributed by atoms with van der Waals surface area (Å²) in [5.74, 6) is 0.382. The fraction of sp³-hybridized carbons (Fsp3) is 0.133. The number of hydrogen-bond donors (Lipinski definition) is 0. The fourth-order valence-corrected chi connectivity index (χ4v) is 1.76. The van der Waals surface area contributed by atoms with Crippen LogP contribution in [0.5, 0.6) is 0 Å². The van der Waals surface area contributed by atoms with Crippen LogP contribution in [0, 0.1) is 0 Å². The van der Waals surface area contributed by atoms with E-state index in [2.05, 4.69) is 61.7 Å². The molecule has 74 valence electrons. The quantitative estimate of drug-likeness (QED) is 0.626. The maximum absolute atomic E-state index is 3.61. The number of allylic oxidation sites excluding steroid dienone is 1. The first-order valence-corrected chi connectivity index (χ1v) is 5.16. The Morgan fingerprint density at radius 2 is 1.87 bits per heavy atom. The molecule has 0 saturated heterocycles. The largest absolute Gasteiger partial charge is 0.132 e. The van der Waals surface area contributed by atoms with Crippen molar-refractivity contribution in [2.24, 2.45) is 0 Å². The first-order valence-electron chi connectivity index (χ1n) is 5.16. The van der Waals surface area contributed by atoms with Crippen molar-refractivity contribution in [2.45, 2.75) is 12.8 Å². The SMILES string of the molecule is C=C=CC(C)c1ccc2ccccc2c1. The van der Waals surface area contributed by atoms with Gasteiger partial charge in [-0.15, -0.1) is 5.73 Å². The molecule has 0 aliphatic heterocycles. The molecular weight excluding hydrogens is 180 g/mol. The molecule has 0 N–H and O–H groups in total. The second-order valence-corrected chi connectivity index (χ2v) is 3.77. The Labute approximate surface area is 90.6 Å². The van der Waals surface area contributed by atoms with E-state index >= 15 is 0 Å². The van der Waals surface area contributed by atoms with Crippen LogP contribution in [0.15, 0.2) is 60.9 Å². The monoisotopic (exact) mass is 194 g/mol. The summed E-state index contributed by atoms with van der Waals surface area (Å²) in [6.07, 6.45) is 1.99. The molecule has 0 fully saturated rings. The summed E-state index contributed by atoms with van der Waals surface area (Å²) in [5.41, 5.74) is 4.15. The van der Waals surface area contributed by atoms with Gasteiger partial charge in [0.25, 0.3) is 0 Å². The van der Waals surface area contributed by atoms with Gasteiger partial charge in [0.2, 0.25) is 0 Å². The molecule has 0 spiro atoms. The topological polar surface area (TPSA) is 0 Å². The Bertz CT molecular complexity index is 516. The molecule has 0 amide bonds. The van der Waals surface area contributed by atoms with Gasteiger partial charge in [0.1, 0.15) is 0 Å². The predicted octanol–water partition coefficient (Wildman–Crippen LogP) is 4.28. The second kappa shape index (κ2) is 4.16. The molecule has 0 saturated carbocycles. The highest BCUT2D eigenvalue weighted by atomic mass is 14.1. The van der Waals surface area contributed by atoms with Crippen LogP contribution >= 0.6 is 0 Å². The Hall–Kier alpha value is -1.78. The van der Waals surface area contributed by atoms with Crippen molar-refractivity contribution >= 4 is 10.8 Å². The lowest BCUT2D eigenvalue weighted by Gasteiger charge is -2.07. The van der Waals surface area contributed by atoms with E-state index in [9.17, 15) is 0 Å². The zero-order chi connectivity index (χ0) is 10.7. The molecule has 2 aromatic rings. The predicted molar refractivity (Wildman–Crippen MR) is 66.1 cm³/mol. The van der Waals surface area contributed by atoms with Gasteiger partial charge in [0.15, 0.2) is 0 Å². The van der Waals surface area contributed by atoms with Crippen LogP contribution in [-0.2, 0) is 0 Å². The maximum atomic E-state index is 3.61. The summed E-state index contributed by atoms with van der Waals surface area (Å²) in [6.45, 7) is 5.76. The molecule has 0 heterocycles. The summed E-state index contributed by atoms with van der Waals surface area (Å²) in [4.78, 5) is 0. The van der Waals surface area contributed by atoms with Crippen LogP contribution in [0.3, 0.4) is 0 Å². The van der Waals surface area contributed by atoms with Gasteiger partial charge in [-0.25, -0.2) is 0 Å². The van der Waals surface area contributed by atoms with E-state index in [0.29, 0.717) is 5.92 Å². The Morgan fingerprint density at radius 3 is 2.60 bits per heavy atom. The zero-order valence-corrected chi connectivity index (χ0v) is 8.90. The zero-order valence-electron chi connectivity index (χ0n) is 8.90. The van der Waals surface area contributed by atoms with Crippen molar-refractivity contribution in [1.82, 2.24) is 0 Å². The summed E-state index contributed by atoms with van der Waals surface area (Å²) in [7, 11) is 0. The van der Waals surface area contributed by atoms with E-state index in [1.807, 2.05) is 6.08 Å². The molecule has 2 rings (SSSR count). The van der Waals surface area contributed by atoms with E-state index in [1.54, 1.807) is 0 Å². The van der Waals surface area contributed by atoms with Crippen LogP contribution in [0.4, 0.5) is 0 Å². The lowest BCUT2D eigenvalue weighted by molar-refractivity contribution is 0.973. The number of rotatable bonds is 2. The molecule has 0 heteroatoms. The van der Waals surface area contributed by atoms with E-state index in [0.717, 1.165) is 0 Å². The minimum Gasteiger partial charge on any atom is -0.132 e. The van der Waals surface area contributed by atoms with Gasteiger partial charge >= 0.3 is 0 Å². The second-order valence-electron chi connectivity index (χ2n) is 3.77. The van der Waals surface area contributed by atoms with Crippen molar-refractivity contribution in [2.75, 3.05) is 0 Å². The molecule has 0 aromatic heterocycles. The average Bonchev–Trinajstić information content (AvgIpc) is 2.29. The fourth-order valence-electron chi connectivity index (χ4n) is 1.76. The summed E-state index contributed by atoms with van der Waals surface area (Å²) in [6, 6.07) is 15.0. The first kappa shape index (κ1) is 9.76. The van der Waals surface area contributed by atoms with Gasteiger partial charge in [-0.05, 0) is 22.4 Å². The standard InChI is InChI=1S/C15H14/c1-3-6-12(2)14-10-9-13-7-4-5-8-15(13)11-14/h4-12H,1H2,2H3. The van der Waals surface area contributed by atoms with Gasteiger partial charge < -0.3 is 0 Å². The molecule has 15 heavy (non-hydrogen) atoms. The van der Waals surface area contributed by atoms with Crippen molar-refractivity contribution in [3.8, 4) is 0 Å². The molecular formula is C15H14. The third kappa shape index (κ3) is 2.01. The van der Waals surface area contributed by atoms with Gasteiger partial charge in [0, 0.05) is 5.92 Å². The molecule has 1 atom stereocenters. The van der Waals surface area contributed by atoms with Gasteiger partial charge in [-0.1, -0.05) is 56.0 Å². The number of fused-ring (bicyclic) bond motifs is 1. The Kier molecular flexibility index (Phi) is 2.71. The third-order valence-electron chi connectivity index (χ3n) is 2.67. The van der Waals surface area contributed by atoms with Crippen molar-refractivity contribution in [3.63, 3.8) is 0 Å². The minimum atomic E-state index is 0.382. The smallest absolute Gasteiger partial charge is 0.00655 e.